The number of alkyl halides is 2. The van der Waals surface area contributed by atoms with Crippen molar-refractivity contribution >= 4 is 17.4 Å². The molecular weight excluding hydrogens is 304 g/mol. The summed E-state index contributed by atoms with van der Waals surface area (Å²) >= 11 is 0. The number of anilines is 1. The Morgan fingerprint density at radius 1 is 1.43 bits per heavy atom. The van der Waals surface area contributed by atoms with Crippen molar-refractivity contribution in [2.75, 3.05) is 25.0 Å². The zero-order chi connectivity index (χ0) is 16.2. The van der Waals surface area contributed by atoms with Crippen LogP contribution in [-0.4, -0.2) is 52.4 Å². The molecule has 8 heteroatoms. The number of aromatic nitrogens is 2. The molecule has 0 aromatic carbocycles. The highest BCUT2D eigenvalue weighted by molar-refractivity contribution is 5.89. The molecule has 1 aliphatic rings. The highest BCUT2D eigenvalue weighted by Crippen LogP contribution is 2.17. The number of hydrogen-bond acceptors (Lipinski definition) is 3. The van der Waals surface area contributed by atoms with Gasteiger partial charge < -0.3 is 15.0 Å². The molecule has 2 aromatic heterocycles. The fourth-order valence-corrected chi connectivity index (χ4v) is 2.92. The predicted molar refractivity (Wildman–Crippen MR) is 82.8 cm³/mol. The molecule has 1 fully saturated rings. The van der Waals surface area contributed by atoms with Gasteiger partial charge in [-0.2, -0.15) is 0 Å². The SMILES string of the molecule is O=C(NCC1CCCN1CC(F)F)Nc1ccc2nccn2c1. The van der Waals surface area contributed by atoms with Crippen LogP contribution in [0.2, 0.25) is 0 Å². The first-order valence-corrected chi connectivity index (χ1v) is 7.61. The lowest BCUT2D eigenvalue weighted by Crippen LogP contribution is -2.43. The summed E-state index contributed by atoms with van der Waals surface area (Å²) in [6.07, 6.45) is 4.61. The molecule has 1 saturated heterocycles. The van der Waals surface area contributed by atoms with Crippen molar-refractivity contribution in [2.45, 2.75) is 25.3 Å². The summed E-state index contributed by atoms with van der Waals surface area (Å²) in [6, 6.07) is 3.21. The van der Waals surface area contributed by atoms with Gasteiger partial charge >= 0.3 is 6.03 Å². The number of nitrogens with zero attached hydrogens (tertiary/aromatic N) is 3. The molecule has 0 spiro atoms. The zero-order valence-electron chi connectivity index (χ0n) is 12.6. The van der Waals surface area contributed by atoms with E-state index in [4.69, 9.17) is 0 Å². The third-order valence-electron chi connectivity index (χ3n) is 4.02. The molecule has 2 aromatic rings. The van der Waals surface area contributed by atoms with Crippen molar-refractivity contribution in [3.8, 4) is 0 Å². The molecular formula is C15H19F2N5O. The van der Waals surface area contributed by atoms with Crippen LogP contribution >= 0.6 is 0 Å². The van der Waals surface area contributed by atoms with Gasteiger partial charge in [0.2, 0.25) is 0 Å². The minimum Gasteiger partial charge on any atom is -0.336 e. The summed E-state index contributed by atoms with van der Waals surface area (Å²) in [4.78, 5) is 17.8. The van der Waals surface area contributed by atoms with Crippen molar-refractivity contribution in [1.82, 2.24) is 19.6 Å². The molecule has 124 valence electrons. The first-order valence-electron chi connectivity index (χ1n) is 7.61. The Bertz CT molecular complexity index is 675. The fraction of sp³-hybridized carbons (Fsp3) is 0.467. The van der Waals surface area contributed by atoms with E-state index in [0.29, 0.717) is 18.8 Å². The topological polar surface area (TPSA) is 61.7 Å². The number of carbonyl (C=O) groups excluding carboxylic acids is 1. The second kappa shape index (κ2) is 6.91. The second-order valence-electron chi connectivity index (χ2n) is 5.63. The van der Waals surface area contributed by atoms with Crippen molar-refractivity contribution in [1.29, 1.82) is 0 Å². The van der Waals surface area contributed by atoms with Gasteiger partial charge in [-0.25, -0.2) is 18.6 Å². The molecule has 2 N–H and O–H groups in total. The Kier molecular flexibility index (Phi) is 4.71. The van der Waals surface area contributed by atoms with Crippen molar-refractivity contribution in [3.63, 3.8) is 0 Å². The number of rotatable bonds is 5. The van der Waals surface area contributed by atoms with Gasteiger partial charge in [-0.05, 0) is 31.5 Å². The number of hydrogen-bond donors (Lipinski definition) is 2. The van der Waals surface area contributed by atoms with Crippen LogP contribution in [-0.2, 0) is 0 Å². The van der Waals surface area contributed by atoms with E-state index in [0.717, 1.165) is 18.5 Å². The van der Waals surface area contributed by atoms with Gasteiger partial charge in [-0.15, -0.1) is 0 Å². The Morgan fingerprint density at radius 3 is 3.13 bits per heavy atom. The maximum atomic E-state index is 12.5. The van der Waals surface area contributed by atoms with Crippen molar-refractivity contribution in [2.24, 2.45) is 0 Å². The number of likely N-dealkylation sites (tertiary alicyclic amines) is 1. The molecule has 0 bridgehead atoms. The van der Waals surface area contributed by atoms with E-state index in [-0.39, 0.29) is 18.6 Å². The largest absolute Gasteiger partial charge is 0.336 e. The summed E-state index contributed by atoms with van der Waals surface area (Å²) < 4.78 is 26.8. The van der Waals surface area contributed by atoms with Gasteiger partial charge in [0, 0.05) is 31.2 Å². The quantitative estimate of drug-likeness (QED) is 0.887. The van der Waals surface area contributed by atoms with Crippen LogP contribution in [0.1, 0.15) is 12.8 Å². The highest BCUT2D eigenvalue weighted by Gasteiger charge is 2.26. The van der Waals surface area contributed by atoms with Crippen LogP contribution in [0.4, 0.5) is 19.3 Å². The molecule has 1 aliphatic heterocycles. The average molecular weight is 323 g/mol. The van der Waals surface area contributed by atoms with E-state index in [9.17, 15) is 13.6 Å². The minimum absolute atomic E-state index is 0.0223. The monoisotopic (exact) mass is 323 g/mol. The molecule has 6 nitrogen and oxygen atoms in total. The maximum Gasteiger partial charge on any atom is 0.319 e. The molecule has 2 amide bonds. The number of fused-ring (bicyclic) bond motifs is 1. The number of nitrogens with one attached hydrogen (secondary N) is 2. The third kappa shape index (κ3) is 3.95. The molecule has 0 saturated carbocycles. The number of imidazole rings is 1. The van der Waals surface area contributed by atoms with E-state index < -0.39 is 6.43 Å². The van der Waals surface area contributed by atoms with Gasteiger partial charge in [0.05, 0.1) is 12.2 Å². The molecule has 23 heavy (non-hydrogen) atoms. The van der Waals surface area contributed by atoms with Gasteiger partial charge in [0.15, 0.2) is 0 Å². The van der Waals surface area contributed by atoms with Crippen LogP contribution < -0.4 is 10.6 Å². The lowest BCUT2D eigenvalue weighted by atomic mass is 10.2. The molecule has 1 atom stereocenters. The van der Waals surface area contributed by atoms with Gasteiger partial charge in [-0.1, -0.05) is 0 Å². The molecule has 3 heterocycles. The normalized spacial score (nSPS) is 18.7. The number of halogens is 2. The van der Waals surface area contributed by atoms with Crippen LogP contribution in [0.3, 0.4) is 0 Å². The summed E-state index contributed by atoms with van der Waals surface area (Å²) in [5.41, 5.74) is 1.44. The van der Waals surface area contributed by atoms with E-state index >= 15 is 0 Å². The summed E-state index contributed by atoms with van der Waals surface area (Å²) in [7, 11) is 0. The van der Waals surface area contributed by atoms with Crippen molar-refractivity contribution in [3.05, 3.63) is 30.7 Å². The van der Waals surface area contributed by atoms with E-state index in [1.54, 1.807) is 40.0 Å². The number of amides is 2. The Hall–Kier alpha value is -2.22. The predicted octanol–water partition coefficient (Wildman–Crippen LogP) is 2.19. The molecule has 3 rings (SSSR count). The molecule has 0 aliphatic carbocycles. The Morgan fingerprint density at radius 2 is 2.30 bits per heavy atom. The smallest absolute Gasteiger partial charge is 0.319 e. The Balaban J connectivity index is 1.51. The average Bonchev–Trinajstić information content (AvgIpc) is 3.13. The Labute approximate surface area is 132 Å². The van der Waals surface area contributed by atoms with Crippen LogP contribution in [0.25, 0.3) is 5.65 Å². The lowest BCUT2D eigenvalue weighted by molar-refractivity contribution is 0.0826. The minimum atomic E-state index is -2.34. The van der Waals surface area contributed by atoms with Crippen molar-refractivity contribution < 1.29 is 13.6 Å². The van der Waals surface area contributed by atoms with E-state index in [1.165, 1.54) is 0 Å². The van der Waals surface area contributed by atoms with Crippen LogP contribution in [0.15, 0.2) is 30.7 Å². The van der Waals surface area contributed by atoms with Gasteiger partial charge in [0.25, 0.3) is 6.43 Å². The summed E-state index contributed by atoms with van der Waals surface area (Å²) in [5, 5.41) is 5.49. The highest BCUT2D eigenvalue weighted by atomic mass is 19.3. The van der Waals surface area contributed by atoms with Gasteiger partial charge in [0.1, 0.15) is 5.65 Å². The second-order valence-corrected chi connectivity index (χ2v) is 5.63. The zero-order valence-corrected chi connectivity index (χ0v) is 12.6. The fourth-order valence-electron chi connectivity index (χ4n) is 2.92. The molecule has 0 radical (unpaired) electrons. The van der Waals surface area contributed by atoms with E-state index in [1.807, 2.05) is 0 Å². The number of carbonyl (C=O) groups is 1. The lowest BCUT2D eigenvalue weighted by Gasteiger charge is -2.24. The van der Waals surface area contributed by atoms with Gasteiger partial charge in [-0.3, -0.25) is 4.90 Å². The first kappa shape index (κ1) is 15.7. The number of urea groups is 1. The summed E-state index contributed by atoms with van der Waals surface area (Å²) in [5.74, 6) is 0. The number of pyridine rings is 1. The summed E-state index contributed by atoms with van der Waals surface area (Å²) in [6.45, 7) is 0.798. The van der Waals surface area contributed by atoms with Crippen LogP contribution in [0, 0.1) is 0 Å². The first-order chi connectivity index (χ1) is 11.1. The standard InChI is InChI=1S/C15H19F2N5O/c16-13(17)10-21-6-1-2-12(21)8-19-15(23)20-11-3-4-14-18-5-7-22(14)9-11/h3-5,7,9,12-13H,1-2,6,8,10H2,(H2,19,20,23). The molecule has 1 unspecified atom stereocenters. The van der Waals surface area contributed by atoms with Crippen LogP contribution in [0.5, 0.6) is 0 Å². The van der Waals surface area contributed by atoms with E-state index in [2.05, 4.69) is 15.6 Å². The third-order valence-corrected chi connectivity index (χ3v) is 4.02. The maximum absolute atomic E-state index is 12.5.